The third-order valence-corrected chi connectivity index (χ3v) is 4.53. The Hall–Kier alpha value is -3.38. The minimum Gasteiger partial charge on any atom is -0.334 e. The molecule has 0 aliphatic carbocycles. The van der Waals surface area contributed by atoms with Crippen molar-refractivity contribution in [3.05, 3.63) is 77.4 Å². The fraction of sp³-hybridized carbons (Fsp3) is 0.0952. The maximum atomic E-state index is 12.5. The predicted molar refractivity (Wildman–Crippen MR) is 108 cm³/mol. The Labute approximate surface area is 166 Å². The lowest BCUT2D eigenvalue weighted by Crippen LogP contribution is -2.19. The van der Waals surface area contributed by atoms with Gasteiger partial charge < -0.3 is 14.4 Å². The Morgan fingerprint density at radius 3 is 2.82 bits per heavy atom. The standard InChI is InChI=1S/C21H17ClN4O2/c1-14-6-2-3-9-17(14)23-19(27)13-26-11-5-10-18(26)21-24-20(25-28-21)15-7-4-8-16(22)12-15/h2-12H,13H2,1H3,(H,23,27). The summed E-state index contributed by atoms with van der Waals surface area (Å²) in [6.45, 7) is 2.08. The monoisotopic (exact) mass is 392 g/mol. The minimum atomic E-state index is -0.138. The average molecular weight is 393 g/mol. The zero-order valence-electron chi connectivity index (χ0n) is 15.1. The second kappa shape index (κ2) is 7.70. The van der Waals surface area contributed by atoms with Gasteiger partial charge in [-0.1, -0.05) is 47.1 Å². The second-order valence-corrected chi connectivity index (χ2v) is 6.75. The molecule has 2 aromatic carbocycles. The van der Waals surface area contributed by atoms with E-state index in [0.717, 1.165) is 16.8 Å². The normalized spacial score (nSPS) is 10.8. The molecule has 4 rings (SSSR count). The zero-order valence-corrected chi connectivity index (χ0v) is 15.8. The smallest absolute Gasteiger partial charge is 0.274 e. The summed E-state index contributed by atoms with van der Waals surface area (Å²) < 4.78 is 7.17. The lowest BCUT2D eigenvalue weighted by molar-refractivity contribution is -0.116. The molecule has 28 heavy (non-hydrogen) atoms. The minimum absolute atomic E-state index is 0.131. The number of benzene rings is 2. The maximum absolute atomic E-state index is 12.5. The van der Waals surface area contributed by atoms with Crippen LogP contribution in [-0.4, -0.2) is 20.6 Å². The number of aryl methyl sites for hydroxylation is 1. The van der Waals surface area contributed by atoms with Crippen molar-refractivity contribution in [2.45, 2.75) is 13.5 Å². The molecule has 0 saturated carbocycles. The first-order chi connectivity index (χ1) is 13.6. The van der Waals surface area contributed by atoms with Gasteiger partial charge >= 0.3 is 0 Å². The summed E-state index contributed by atoms with van der Waals surface area (Å²) >= 11 is 6.03. The van der Waals surface area contributed by atoms with E-state index in [4.69, 9.17) is 16.1 Å². The average Bonchev–Trinajstić information content (AvgIpc) is 3.33. The van der Waals surface area contributed by atoms with Gasteiger partial charge in [-0.15, -0.1) is 0 Å². The van der Waals surface area contributed by atoms with Crippen LogP contribution in [0.25, 0.3) is 23.0 Å². The summed E-state index contributed by atoms with van der Waals surface area (Å²) in [5.74, 6) is 0.639. The number of carbonyl (C=O) groups excluding carboxylic acids is 1. The molecule has 0 spiro atoms. The molecule has 0 saturated heterocycles. The van der Waals surface area contributed by atoms with Gasteiger partial charge in [-0.05, 0) is 42.8 Å². The first-order valence-electron chi connectivity index (χ1n) is 8.71. The molecule has 7 heteroatoms. The largest absolute Gasteiger partial charge is 0.334 e. The van der Waals surface area contributed by atoms with Crippen LogP contribution in [0.5, 0.6) is 0 Å². The van der Waals surface area contributed by atoms with E-state index >= 15 is 0 Å². The highest BCUT2D eigenvalue weighted by molar-refractivity contribution is 6.30. The highest BCUT2D eigenvalue weighted by atomic mass is 35.5. The highest BCUT2D eigenvalue weighted by Crippen LogP contribution is 2.24. The van der Waals surface area contributed by atoms with Crippen molar-refractivity contribution in [3.63, 3.8) is 0 Å². The molecular weight excluding hydrogens is 376 g/mol. The molecule has 140 valence electrons. The molecule has 0 aliphatic rings. The molecule has 0 aliphatic heterocycles. The molecule has 4 aromatic rings. The number of nitrogens with zero attached hydrogens (tertiary/aromatic N) is 3. The van der Waals surface area contributed by atoms with Gasteiger partial charge in [-0.3, -0.25) is 4.79 Å². The van der Waals surface area contributed by atoms with E-state index in [2.05, 4.69) is 15.5 Å². The van der Waals surface area contributed by atoms with Gasteiger partial charge in [0.2, 0.25) is 11.7 Å². The first kappa shape index (κ1) is 18.0. The topological polar surface area (TPSA) is 73.0 Å². The van der Waals surface area contributed by atoms with E-state index in [1.54, 1.807) is 22.9 Å². The van der Waals surface area contributed by atoms with E-state index in [9.17, 15) is 4.79 Å². The van der Waals surface area contributed by atoms with E-state index in [1.807, 2.05) is 55.5 Å². The quantitative estimate of drug-likeness (QED) is 0.529. The summed E-state index contributed by atoms with van der Waals surface area (Å²) in [5.41, 5.74) is 3.23. The van der Waals surface area contributed by atoms with Gasteiger partial charge in [0.15, 0.2) is 0 Å². The van der Waals surface area contributed by atoms with Crippen molar-refractivity contribution in [1.82, 2.24) is 14.7 Å². The fourth-order valence-corrected chi connectivity index (χ4v) is 3.07. The molecule has 0 fully saturated rings. The van der Waals surface area contributed by atoms with Gasteiger partial charge in [0.1, 0.15) is 12.2 Å². The summed E-state index contributed by atoms with van der Waals surface area (Å²) in [6.07, 6.45) is 1.80. The number of nitrogens with one attached hydrogen (secondary N) is 1. The highest BCUT2D eigenvalue weighted by Gasteiger charge is 2.16. The van der Waals surface area contributed by atoms with Crippen LogP contribution >= 0.6 is 11.6 Å². The molecule has 2 heterocycles. The van der Waals surface area contributed by atoms with Crippen LogP contribution in [0.2, 0.25) is 5.02 Å². The van der Waals surface area contributed by atoms with Crippen molar-refractivity contribution in [1.29, 1.82) is 0 Å². The van der Waals surface area contributed by atoms with E-state index in [-0.39, 0.29) is 12.5 Å². The van der Waals surface area contributed by atoms with E-state index in [0.29, 0.717) is 22.4 Å². The molecule has 0 unspecified atom stereocenters. The second-order valence-electron chi connectivity index (χ2n) is 6.32. The van der Waals surface area contributed by atoms with Gasteiger partial charge in [-0.2, -0.15) is 4.98 Å². The van der Waals surface area contributed by atoms with Crippen molar-refractivity contribution in [3.8, 4) is 23.0 Å². The molecule has 0 atom stereocenters. The summed E-state index contributed by atoms with van der Waals surface area (Å²) in [4.78, 5) is 16.9. The van der Waals surface area contributed by atoms with Crippen LogP contribution in [0, 0.1) is 6.92 Å². The number of amides is 1. The number of hydrogen-bond acceptors (Lipinski definition) is 4. The maximum Gasteiger partial charge on any atom is 0.274 e. The SMILES string of the molecule is Cc1ccccc1NC(=O)Cn1cccc1-c1nc(-c2cccc(Cl)c2)no1. The van der Waals surface area contributed by atoms with Crippen molar-refractivity contribution < 1.29 is 9.32 Å². The molecule has 0 radical (unpaired) electrons. The van der Waals surface area contributed by atoms with Crippen LogP contribution in [0.1, 0.15) is 5.56 Å². The lowest BCUT2D eigenvalue weighted by atomic mass is 10.2. The van der Waals surface area contributed by atoms with Gasteiger partial charge in [0.25, 0.3) is 5.89 Å². The summed E-state index contributed by atoms with van der Waals surface area (Å²) in [7, 11) is 0. The Morgan fingerprint density at radius 1 is 1.14 bits per heavy atom. The fourth-order valence-electron chi connectivity index (χ4n) is 2.88. The van der Waals surface area contributed by atoms with Crippen LogP contribution in [0.3, 0.4) is 0 Å². The zero-order chi connectivity index (χ0) is 19.5. The number of para-hydroxylation sites is 1. The number of carbonyl (C=O) groups is 1. The lowest BCUT2D eigenvalue weighted by Gasteiger charge is -2.10. The number of hydrogen-bond donors (Lipinski definition) is 1. The molecule has 1 N–H and O–H groups in total. The molecule has 0 bridgehead atoms. The van der Waals surface area contributed by atoms with Gasteiger partial charge in [-0.25, -0.2) is 0 Å². The first-order valence-corrected chi connectivity index (χ1v) is 9.08. The van der Waals surface area contributed by atoms with Crippen molar-refractivity contribution >= 4 is 23.2 Å². The Kier molecular flexibility index (Phi) is 4.95. The van der Waals surface area contributed by atoms with E-state index in [1.165, 1.54) is 0 Å². The molecule has 2 aromatic heterocycles. The van der Waals surface area contributed by atoms with Crippen molar-refractivity contribution in [2.75, 3.05) is 5.32 Å². The molecule has 6 nitrogen and oxygen atoms in total. The number of rotatable bonds is 5. The van der Waals surface area contributed by atoms with Gasteiger partial charge in [0, 0.05) is 22.5 Å². The van der Waals surface area contributed by atoms with Crippen LogP contribution in [0.15, 0.2) is 71.4 Å². The van der Waals surface area contributed by atoms with Crippen LogP contribution in [0.4, 0.5) is 5.69 Å². The van der Waals surface area contributed by atoms with Crippen molar-refractivity contribution in [2.24, 2.45) is 0 Å². The van der Waals surface area contributed by atoms with Crippen LogP contribution in [-0.2, 0) is 11.3 Å². The number of aromatic nitrogens is 3. The molecule has 1 amide bonds. The predicted octanol–water partition coefficient (Wildman–Crippen LogP) is 4.81. The summed E-state index contributed by atoms with van der Waals surface area (Å²) in [6, 6.07) is 18.5. The molecular formula is C21H17ClN4O2. The Bertz CT molecular complexity index is 1130. The van der Waals surface area contributed by atoms with Crippen LogP contribution < -0.4 is 5.32 Å². The Balaban J connectivity index is 1.53. The third-order valence-electron chi connectivity index (χ3n) is 4.29. The van der Waals surface area contributed by atoms with Gasteiger partial charge in [0.05, 0.1) is 0 Å². The number of anilines is 1. The Morgan fingerprint density at radius 2 is 2.00 bits per heavy atom. The number of halogens is 1. The van der Waals surface area contributed by atoms with E-state index < -0.39 is 0 Å². The summed E-state index contributed by atoms with van der Waals surface area (Å²) in [5, 5.41) is 7.55. The third kappa shape index (κ3) is 3.82.